The molecule has 1 saturated heterocycles. The summed E-state index contributed by atoms with van der Waals surface area (Å²) in [6.45, 7) is 2.24. The van der Waals surface area contributed by atoms with E-state index in [1.54, 1.807) is 12.1 Å². The first kappa shape index (κ1) is 17.5. The van der Waals surface area contributed by atoms with Crippen molar-refractivity contribution in [2.75, 3.05) is 18.8 Å². The Kier molecular flexibility index (Phi) is 5.07. The average Bonchev–Trinajstić information content (AvgIpc) is 2.88. The predicted octanol–water partition coefficient (Wildman–Crippen LogP) is 3.48. The molecule has 1 aromatic carbocycles. The highest BCUT2D eigenvalue weighted by Gasteiger charge is 2.12. The Morgan fingerprint density at radius 2 is 2.07 bits per heavy atom. The molecule has 3 heterocycles. The quantitative estimate of drug-likeness (QED) is 0.660. The second-order valence-electron chi connectivity index (χ2n) is 7.12. The first-order valence-corrected chi connectivity index (χ1v) is 9.51. The monoisotopic (exact) mass is 363 g/mol. The topological polar surface area (TPSA) is 88.5 Å². The van der Waals surface area contributed by atoms with E-state index in [0.29, 0.717) is 22.9 Å². The van der Waals surface area contributed by atoms with Crippen LogP contribution in [-0.2, 0) is 0 Å². The van der Waals surface area contributed by atoms with Gasteiger partial charge in [0.05, 0.1) is 5.69 Å². The highest BCUT2D eigenvalue weighted by atomic mass is 16.3. The maximum absolute atomic E-state index is 10.0. The Labute approximate surface area is 158 Å². The van der Waals surface area contributed by atoms with Crippen LogP contribution in [0.5, 0.6) is 5.75 Å². The third-order valence-corrected chi connectivity index (χ3v) is 5.15. The van der Waals surface area contributed by atoms with E-state index in [2.05, 4.69) is 27.4 Å². The summed E-state index contributed by atoms with van der Waals surface area (Å²) in [5.74, 6) is 1.93. The van der Waals surface area contributed by atoms with Crippen molar-refractivity contribution in [2.45, 2.75) is 25.7 Å². The summed E-state index contributed by atoms with van der Waals surface area (Å²) in [6.07, 6.45) is 12.9. The number of nitrogens with two attached hydrogens (primary N) is 1. The molecule has 1 fully saturated rings. The second kappa shape index (κ2) is 7.80. The maximum atomic E-state index is 10.0. The van der Waals surface area contributed by atoms with Gasteiger partial charge in [-0.1, -0.05) is 24.3 Å². The van der Waals surface area contributed by atoms with Gasteiger partial charge in [-0.25, -0.2) is 4.98 Å². The van der Waals surface area contributed by atoms with Crippen LogP contribution in [0.25, 0.3) is 23.1 Å². The number of para-hydroxylation sites is 1. The summed E-state index contributed by atoms with van der Waals surface area (Å²) in [5, 5.41) is 13.5. The first-order chi connectivity index (χ1) is 13.2. The van der Waals surface area contributed by atoms with Crippen molar-refractivity contribution in [1.29, 1.82) is 0 Å². The van der Waals surface area contributed by atoms with Gasteiger partial charge in [-0.15, -0.1) is 0 Å². The van der Waals surface area contributed by atoms with Gasteiger partial charge in [-0.05, 0) is 56.8 Å². The minimum atomic E-state index is 0.201. The zero-order valence-electron chi connectivity index (χ0n) is 15.3. The number of aromatic nitrogens is 3. The molecule has 6 nitrogen and oxygen atoms in total. The van der Waals surface area contributed by atoms with Gasteiger partial charge in [0.25, 0.3) is 0 Å². The van der Waals surface area contributed by atoms with Crippen LogP contribution >= 0.6 is 0 Å². The molecule has 2 aromatic heterocycles. The third kappa shape index (κ3) is 3.95. The molecule has 140 valence electrons. The van der Waals surface area contributed by atoms with Gasteiger partial charge in [-0.3, -0.25) is 4.40 Å². The molecule has 3 aromatic rings. The standard InChI is InChI=1S/C21H25N5O/c22-20-16(7-3-5-15-6-4-11-23-12-10-15)13-26-14-18(24-21(26)25-20)17-8-1-2-9-19(17)27/h1-3,7-9,13-15,23,27H,4-6,10-12H2,(H2,22,24,25)/b7-3+. The lowest BCUT2D eigenvalue weighted by atomic mass is 9.96. The number of nitrogens with one attached hydrogen (secondary N) is 1. The van der Waals surface area contributed by atoms with Crippen molar-refractivity contribution in [3.05, 3.63) is 48.3 Å². The van der Waals surface area contributed by atoms with Crippen LogP contribution in [0.2, 0.25) is 0 Å². The minimum Gasteiger partial charge on any atom is -0.507 e. The molecule has 1 aliphatic heterocycles. The number of fused-ring (bicyclic) bond motifs is 1. The molecule has 1 atom stereocenters. The summed E-state index contributed by atoms with van der Waals surface area (Å²) >= 11 is 0. The van der Waals surface area contributed by atoms with Crippen LogP contribution in [0.15, 0.2) is 42.7 Å². The molecule has 4 rings (SSSR count). The maximum Gasteiger partial charge on any atom is 0.236 e. The lowest BCUT2D eigenvalue weighted by Gasteiger charge is -2.10. The van der Waals surface area contributed by atoms with Crippen molar-refractivity contribution in [1.82, 2.24) is 19.7 Å². The number of hydrogen-bond acceptors (Lipinski definition) is 5. The number of nitrogen functional groups attached to an aromatic ring is 1. The molecule has 0 spiro atoms. The van der Waals surface area contributed by atoms with Crippen LogP contribution in [-0.4, -0.2) is 32.6 Å². The second-order valence-corrected chi connectivity index (χ2v) is 7.12. The van der Waals surface area contributed by atoms with Crippen molar-refractivity contribution < 1.29 is 5.11 Å². The van der Waals surface area contributed by atoms with Crippen LogP contribution in [0.1, 0.15) is 31.2 Å². The van der Waals surface area contributed by atoms with Crippen LogP contribution < -0.4 is 11.1 Å². The van der Waals surface area contributed by atoms with Gasteiger partial charge in [0.15, 0.2) is 0 Å². The smallest absolute Gasteiger partial charge is 0.236 e. The molecule has 0 aliphatic carbocycles. The fourth-order valence-electron chi connectivity index (χ4n) is 3.61. The molecule has 27 heavy (non-hydrogen) atoms. The number of aromatic hydroxyl groups is 1. The Hall–Kier alpha value is -2.86. The van der Waals surface area contributed by atoms with Crippen molar-refractivity contribution in [3.63, 3.8) is 0 Å². The minimum absolute atomic E-state index is 0.201. The molecule has 0 saturated carbocycles. The Morgan fingerprint density at radius 3 is 2.96 bits per heavy atom. The Bertz CT molecular complexity index is 954. The molecule has 0 amide bonds. The summed E-state index contributed by atoms with van der Waals surface area (Å²) in [4.78, 5) is 8.91. The van der Waals surface area contributed by atoms with E-state index in [1.807, 2.05) is 28.9 Å². The number of rotatable bonds is 4. The normalized spacial score (nSPS) is 18.1. The summed E-state index contributed by atoms with van der Waals surface area (Å²) in [6, 6.07) is 7.15. The molecule has 0 bridgehead atoms. The van der Waals surface area contributed by atoms with E-state index in [1.165, 1.54) is 19.3 Å². The highest BCUT2D eigenvalue weighted by Crippen LogP contribution is 2.28. The highest BCUT2D eigenvalue weighted by molar-refractivity contribution is 5.69. The van der Waals surface area contributed by atoms with Gasteiger partial charge < -0.3 is 16.2 Å². The van der Waals surface area contributed by atoms with Gasteiger partial charge in [0.1, 0.15) is 11.6 Å². The number of imidazole rings is 1. The SMILES string of the molecule is Nc1nc2nc(-c3ccccc3O)cn2cc1/C=C/CC1CCCNCC1. The number of nitrogens with zero attached hydrogens (tertiary/aromatic N) is 3. The van der Waals surface area contributed by atoms with Crippen molar-refractivity contribution in [2.24, 2.45) is 5.92 Å². The summed E-state index contributed by atoms with van der Waals surface area (Å²) in [7, 11) is 0. The zero-order chi connectivity index (χ0) is 18.6. The van der Waals surface area contributed by atoms with E-state index in [4.69, 9.17) is 5.73 Å². The number of phenols is 1. The molecule has 6 heteroatoms. The van der Waals surface area contributed by atoms with E-state index in [9.17, 15) is 5.11 Å². The van der Waals surface area contributed by atoms with Crippen molar-refractivity contribution in [3.8, 4) is 17.0 Å². The zero-order valence-corrected chi connectivity index (χ0v) is 15.3. The molecular weight excluding hydrogens is 338 g/mol. The predicted molar refractivity (Wildman–Crippen MR) is 108 cm³/mol. The molecule has 4 N–H and O–H groups in total. The third-order valence-electron chi connectivity index (χ3n) is 5.15. The number of allylic oxidation sites excluding steroid dienone is 1. The fourth-order valence-corrected chi connectivity index (χ4v) is 3.61. The average molecular weight is 363 g/mol. The summed E-state index contributed by atoms with van der Waals surface area (Å²) < 4.78 is 1.85. The number of anilines is 1. The lowest BCUT2D eigenvalue weighted by molar-refractivity contribution is 0.477. The molecule has 1 unspecified atom stereocenters. The molecule has 0 radical (unpaired) electrons. The molecule has 1 aliphatic rings. The molecular formula is C21H25N5O. The summed E-state index contributed by atoms with van der Waals surface area (Å²) in [5.41, 5.74) is 8.37. The number of phenolic OH excluding ortho intramolecular Hbond substituents is 1. The fraction of sp³-hybridized carbons (Fsp3) is 0.333. The number of benzene rings is 1. The van der Waals surface area contributed by atoms with Crippen LogP contribution in [0.3, 0.4) is 0 Å². The Morgan fingerprint density at radius 1 is 1.19 bits per heavy atom. The van der Waals surface area contributed by atoms with Gasteiger partial charge in [-0.2, -0.15) is 4.98 Å². The first-order valence-electron chi connectivity index (χ1n) is 9.51. The number of hydrogen-bond donors (Lipinski definition) is 3. The van der Waals surface area contributed by atoms with Gasteiger partial charge in [0, 0.05) is 23.5 Å². The van der Waals surface area contributed by atoms with E-state index >= 15 is 0 Å². The lowest BCUT2D eigenvalue weighted by Crippen LogP contribution is -2.13. The van der Waals surface area contributed by atoms with Gasteiger partial charge in [0.2, 0.25) is 5.78 Å². The van der Waals surface area contributed by atoms with Crippen LogP contribution in [0.4, 0.5) is 5.82 Å². The van der Waals surface area contributed by atoms with Gasteiger partial charge >= 0.3 is 0 Å². The van der Waals surface area contributed by atoms with E-state index in [-0.39, 0.29) is 5.75 Å². The van der Waals surface area contributed by atoms with Crippen LogP contribution in [0, 0.1) is 5.92 Å². The van der Waals surface area contributed by atoms with E-state index < -0.39 is 0 Å². The van der Waals surface area contributed by atoms with Crippen molar-refractivity contribution >= 4 is 17.7 Å². The van der Waals surface area contributed by atoms with E-state index in [0.717, 1.165) is 31.0 Å². The largest absolute Gasteiger partial charge is 0.507 e. The Balaban J connectivity index is 1.56.